The van der Waals surface area contributed by atoms with Gasteiger partial charge >= 0.3 is 0 Å². The van der Waals surface area contributed by atoms with Gasteiger partial charge < -0.3 is 15.2 Å². The van der Waals surface area contributed by atoms with Gasteiger partial charge in [-0.2, -0.15) is 0 Å². The Labute approximate surface area is 144 Å². The lowest BCUT2D eigenvalue weighted by atomic mass is 10.1. The zero-order valence-corrected chi connectivity index (χ0v) is 15.1. The van der Waals surface area contributed by atoms with E-state index in [1.54, 1.807) is 0 Å². The second kappa shape index (κ2) is 9.11. The van der Waals surface area contributed by atoms with E-state index in [9.17, 15) is 0 Å². The number of hydrogen-bond acceptors (Lipinski definition) is 3. The molecule has 2 rings (SSSR count). The maximum atomic E-state index is 5.42. The van der Waals surface area contributed by atoms with Crippen molar-refractivity contribution in [3.05, 3.63) is 52.4 Å². The van der Waals surface area contributed by atoms with Crippen LogP contribution in [-0.4, -0.2) is 17.7 Å². The van der Waals surface area contributed by atoms with Crippen LogP contribution in [0.3, 0.4) is 0 Å². The van der Waals surface area contributed by atoms with Crippen LogP contribution >= 0.6 is 0 Å². The molecule has 1 aromatic carbocycles. The predicted octanol–water partition coefficient (Wildman–Crippen LogP) is 3.36. The van der Waals surface area contributed by atoms with Gasteiger partial charge in [0.15, 0.2) is 5.96 Å². The molecule has 0 saturated carbocycles. The molecule has 0 unspecified atom stereocenters. The van der Waals surface area contributed by atoms with E-state index in [-0.39, 0.29) is 0 Å². The van der Waals surface area contributed by atoms with Gasteiger partial charge in [-0.25, -0.2) is 4.99 Å². The number of benzene rings is 1. The van der Waals surface area contributed by atoms with Crippen LogP contribution in [-0.2, 0) is 25.9 Å². The summed E-state index contributed by atoms with van der Waals surface area (Å²) in [5.74, 6) is 1.76. The zero-order valence-electron chi connectivity index (χ0n) is 15.1. The van der Waals surface area contributed by atoms with E-state index in [2.05, 4.69) is 72.7 Å². The summed E-state index contributed by atoms with van der Waals surface area (Å²) < 4.78 is 5.42. The highest BCUT2D eigenvalue weighted by atomic mass is 16.5. The van der Waals surface area contributed by atoms with Gasteiger partial charge in [-0.3, -0.25) is 0 Å². The van der Waals surface area contributed by atoms with Crippen LogP contribution < -0.4 is 10.6 Å². The molecule has 0 spiro atoms. The van der Waals surface area contributed by atoms with E-state index >= 15 is 0 Å². The molecule has 0 aliphatic heterocycles. The topological polar surface area (TPSA) is 62.5 Å². The fourth-order valence-electron chi connectivity index (χ4n) is 2.52. The van der Waals surface area contributed by atoms with Crippen LogP contribution in [0.2, 0.25) is 0 Å². The molecular weight excluding hydrogens is 300 g/mol. The largest absolute Gasteiger partial charge is 0.361 e. The van der Waals surface area contributed by atoms with Crippen molar-refractivity contribution in [3.8, 4) is 0 Å². The van der Waals surface area contributed by atoms with Crippen LogP contribution in [0.5, 0.6) is 0 Å². The number of nitrogens with zero attached hydrogens (tertiary/aromatic N) is 2. The minimum atomic E-state index is 0.653. The molecular formula is C19H28N4O. The van der Waals surface area contributed by atoms with Crippen molar-refractivity contribution in [2.75, 3.05) is 6.54 Å². The molecule has 5 nitrogen and oxygen atoms in total. The molecule has 1 aromatic heterocycles. The number of rotatable bonds is 7. The molecule has 0 saturated heterocycles. The normalized spacial score (nSPS) is 11.6. The highest BCUT2D eigenvalue weighted by Crippen LogP contribution is 2.15. The lowest BCUT2D eigenvalue weighted by molar-refractivity contribution is 0.380. The van der Waals surface area contributed by atoms with Gasteiger partial charge in [0, 0.05) is 25.1 Å². The molecule has 2 aromatic rings. The summed E-state index contributed by atoms with van der Waals surface area (Å²) in [4.78, 5) is 4.67. The van der Waals surface area contributed by atoms with E-state index in [0.29, 0.717) is 13.1 Å². The highest BCUT2D eigenvalue weighted by Gasteiger charge is 2.13. The number of aliphatic imine (C=N–C) groups is 1. The minimum absolute atomic E-state index is 0.653. The Hall–Kier alpha value is -2.30. The molecule has 1 heterocycles. The summed E-state index contributed by atoms with van der Waals surface area (Å²) in [5, 5.41) is 10.8. The maximum Gasteiger partial charge on any atom is 0.191 e. The van der Waals surface area contributed by atoms with Gasteiger partial charge in [-0.1, -0.05) is 48.8 Å². The van der Waals surface area contributed by atoms with Crippen LogP contribution in [0.25, 0.3) is 0 Å². The van der Waals surface area contributed by atoms with Crippen molar-refractivity contribution in [2.24, 2.45) is 4.99 Å². The van der Waals surface area contributed by atoms with E-state index in [4.69, 9.17) is 4.52 Å². The third-order valence-corrected chi connectivity index (χ3v) is 3.92. The molecule has 2 N–H and O–H groups in total. The number of nitrogens with one attached hydrogen (secondary N) is 2. The maximum absolute atomic E-state index is 5.42. The van der Waals surface area contributed by atoms with E-state index in [0.717, 1.165) is 42.4 Å². The summed E-state index contributed by atoms with van der Waals surface area (Å²) >= 11 is 0. The summed E-state index contributed by atoms with van der Waals surface area (Å²) in [6.45, 7) is 10.5. The van der Waals surface area contributed by atoms with Crippen molar-refractivity contribution < 1.29 is 4.52 Å². The van der Waals surface area contributed by atoms with Gasteiger partial charge in [0.1, 0.15) is 5.76 Å². The Balaban J connectivity index is 2.04. The monoisotopic (exact) mass is 328 g/mol. The first-order valence-electron chi connectivity index (χ1n) is 8.71. The van der Waals surface area contributed by atoms with Gasteiger partial charge in [0.25, 0.3) is 0 Å². The van der Waals surface area contributed by atoms with E-state index in [1.807, 2.05) is 0 Å². The Kier molecular flexibility index (Phi) is 6.85. The second-order valence-corrected chi connectivity index (χ2v) is 5.77. The highest BCUT2D eigenvalue weighted by molar-refractivity contribution is 5.79. The average molecular weight is 328 g/mol. The predicted molar refractivity (Wildman–Crippen MR) is 98.1 cm³/mol. The van der Waals surface area contributed by atoms with Crippen LogP contribution in [0, 0.1) is 6.92 Å². The fourth-order valence-corrected chi connectivity index (χ4v) is 2.52. The average Bonchev–Trinajstić information content (AvgIpc) is 3.00. The molecule has 5 heteroatoms. The molecule has 130 valence electrons. The zero-order chi connectivity index (χ0) is 17.4. The first-order valence-corrected chi connectivity index (χ1v) is 8.71. The van der Waals surface area contributed by atoms with Crippen molar-refractivity contribution in [2.45, 2.75) is 53.6 Å². The minimum Gasteiger partial charge on any atom is -0.361 e. The first-order chi connectivity index (χ1) is 11.7. The van der Waals surface area contributed by atoms with Crippen molar-refractivity contribution in [1.29, 1.82) is 0 Å². The Bertz CT molecular complexity index is 637. The molecule has 0 radical (unpaired) electrons. The lowest BCUT2D eigenvalue weighted by Crippen LogP contribution is -2.37. The summed E-state index contributed by atoms with van der Waals surface area (Å²) in [6, 6.07) is 8.46. The Morgan fingerprint density at radius 2 is 1.83 bits per heavy atom. The van der Waals surface area contributed by atoms with E-state index < -0.39 is 0 Å². The van der Waals surface area contributed by atoms with E-state index in [1.165, 1.54) is 11.1 Å². The third kappa shape index (κ3) is 4.85. The van der Waals surface area contributed by atoms with Crippen molar-refractivity contribution >= 4 is 5.96 Å². The number of guanidine groups is 1. The first kappa shape index (κ1) is 18.0. The second-order valence-electron chi connectivity index (χ2n) is 5.77. The fraction of sp³-hybridized carbons (Fsp3) is 0.474. The molecule has 0 fully saturated rings. The van der Waals surface area contributed by atoms with Crippen molar-refractivity contribution in [3.63, 3.8) is 0 Å². The standard InChI is InChI=1S/C19H28N4O/c1-5-17-16(18(6-2)24-23-17)13-22-19(20-7-3)21-12-15-10-8-14(4)9-11-15/h8-11H,5-7,12-13H2,1-4H3,(H2,20,21,22). The molecule has 0 atom stereocenters. The van der Waals surface area contributed by atoms with Gasteiger partial charge in [0.2, 0.25) is 0 Å². The summed E-state index contributed by atoms with van der Waals surface area (Å²) in [5.41, 5.74) is 4.64. The smallest absolute Gasteiger partial charge is 0.191 e. The lowest BCUT2D eigenvalue weighted by Gasteiger charge is -2.11. The number of aromatic nitrogens is 1. The van der Waals surface area contributed by atoms with Crippen molar-refractivity contribution in [1.82, 2.24) is 15.8 Å². The SMILES string of the molecule is CCNC(=NCc1ccc(C)cc1)NCc1c(CC)noc1CC. The molecule has 0 aliphatic rings. The molecule has 0 bridgehead atoms. The summed E-state index contributed by atoms with van der Waals surface area (Å²) in [6.07, 6.45) is 1.72. The third-order valence-electron chi connectivity index (χ3n) is 3.92. The van der Waals surface area contributed by atoms with Crippen LogP contribution in [0.4, 0.5) is 0 Å². The Morgan fingerprint density at radius 1 is 1.08 bits per heavy atom. The van der Waals surface area contributed by atoms with Gasteiger partial charge in [-0.15, -0.1) is 0 Å². The Morgan fingerprint density at radius 3 is 2.46 bits per heavy atom. The summed E-state index contributed by atoms with van der Waals surface area (Å²) in [7, 11) is 0. The molecule has 24 heavy (non-hydrogen) atoms. The number of aryl methyl sites for hydroxylation is 3. The number of hydrogen-bond donors (Lipinski definition) is 2. The molecule has 0 aliphatic carbocycles. The van der Waals surface area contributed by atoms with Crippen LogP contribution in [0.1, 0.15) is 48.9 Å². The quantitative estimate of drug-likeness (QED) is 0.604. The van der Waals surface area contributed by atoms with Gasteiger partial charge in [0.05, 0.1) is 12.2 Å². The van der Waals surface area contributed by atoms with Crippen LogP contribution in [0.15, 0.2) is 33.8 Å². The molecule has 0 amide bonds. The van der Waals surface area contributed by atoms with Gasteiger partial charge in [-0.05, 0) is 25.8 Å².